The molecule has 1 nitrogen and oxygen atoms in total. The van der Waals surface area contributed by atoms with Crippen molar-refractivity contribution in [2.45, 2.75) is 17.6 Å². The molecule has 11 rings (SSSR count). The molecule has 6 aromatic carbocycles. The molecule has 0 fully saturated rings. The molecule has 242 valence electrons. The van der Waals surface area contributed by atoms with E-state index in [1.807, 2.05) is 23.1 Å². The molecule has 0 bridgehead atoms. The van der Waals surface area contributed by atoms with E-state index >= 15 is 0 Å². The quantitative estimate of drug-likeness (QED) is 0.171. The monoisotopic (exact) mass is 688 g/mol. The van der Waals surface area contributed by atoms with E-state index in [-0.39, 0.29) is 11.8 Å². The van der Waals surface area contributed by atoms with Crippen molar-refractivity contribution in [2.75, 3.05) is 0 Å². The van der Waals surface area contributed by atoms with Gasteiger partial charge >= 0.3 is 0 Å². The largest absolute Gasteiger partial charge is 0.456 e. The highest BCUT2D eigenvalue weighted by atomic mass is 32.2. The lowest BCUT2D eigenvalue weighted by molar-refractivity contribution is 0.619. The first-order chi connectivity index (χ1) is 25.3. The van der Waals surface area contributed by atoms with Crippen LogP contribution in [0.15, 0.2) is 172 Å². The fourth-order valence-corrected chi connectivity index (χ4v) is 10.9. The molecule has 0 N–H and O–H groups in total. The molecule has 3 aliphatic rings. The molecule has 3 atom stereocenters. The number of allylic oxidation sites excluding steroid dienone is 6. The summed E-state index contributed by atoms with van der Waals surface area (Å²) in [5, 5.41) is 12.5. The Hall–Kier alpha value is -5.35. The Kier molecular flexibility index (Phi) is 6.68. The molecule has 0 saturated carbocycles. The second kappa shape index (κ2) is 11.6. The lowest BCUT2D eigenvalue weighted by Crippen LogP contribution is -2.22. The third kappa shape index (κ3) is 4.41. The van der Waals surface area contributed by atoms with Gasteiger partial charge in [0.15, 0.2) is 0 Å². The molecule has 2 unspecified atom stereocenters. The van der Waals surface area contributed by atoms with Gasteiger partial charge in [-0.15, -0.1) is 23.1 Å². The fourth-order valence-electron chi connectivity index (χ4n) is 9.11. The predicted octanol–water partition coefficient (Wildman–Crippen LogP) is 14.0. The van der Waals surface area contributed by atoms with Crippen LogP contribution in [0.5, 0.6) is 0 Å². The first-order valence-electron chi connectivity index (χ1n) is 17.7. The van der Waals surface area contributed by atoms with Gasteiger partial charge in [0.05, 0.1) is 0 Å². The summed E-state index contributed by atoms with van der Waals surface area (Å²) in [5.74, 6) is 0.342. The Balaban J connectivity index is 1.12. The minimum atomic E-state index is 0.133. The molecule has 8 aromatic rings. The molecule has 0 saturated heterocycles. The Morgan fingerprint density at radius 1 is 0.647 bits per heavy atom. The van der Waals surface area contributed by atoms with E-state index < -0.39 is 0 Å². The van der Waals surface area contributed by atoms with Crippen LogP contribution in [0, 0.1) is 5.92 Å². The number of rotatable bonds is 4. The topological polar surface area (TPSA) is 13.1 Å². The lowest BCUT2D eigenvalue weighted by atomic mass is 9.67. The minimum Gasteiger partial charge on any atom is -0.456 e. The molecule has 2 aliphatic carbocycles. The van der Waals surface area contributed by atoms with Crippen molar-refractivity contribution in [3.8, 4) is 11.1 Å². The molecule has 1 aliphatic heterocycles. The summed E-state index contributed by atoms with van der Waals surface area (Å²) in [4.78, 5) is 1.32. The van der Waals surface area contributed by atoms with Gasteiger partial charge in [0.2, 0.25) is 0 Å². The van der Waals surface area contributed by atoms with Crippen LogP contribution in [0.3, 0.4) is 0 Å². The van der Waals surface area contributed by atoms with Crippen molar-refractivity contribution >= 4 is 72.2 Å². The van der Waals surface area contributed by atoms with Crippen molar-refractivity contribution in [3.05, 3.63) is 195 Å². The van der Waals surface area contributed by atoms with E-state index in [0.29, 0.717) is 5.25 Å². The molecule has 2 aromatic heterocycles. The fraction of sp³-hybridized carbons (Fsp3) is 0.0833. The average molecular weight is 689 g/mol. The van der Waals surface area contributed by atoms with Crippen LogP contribution in [-0.4, -0.2) is 0 Å². The standard InChI is InChI=1S/C48H32OS2/c1-5-16-34-30(12-1)44(31-13-2-6-17-35(31)46(34)42-22-10-26-50-42)29-24-25-41-40(28-29)38-20-9-21-39(48(38)49-41)45-32-14-3-7-18-36(32)47(43-23-11-27-51-43)37-19-8-4-15-33(37)45/h1-21,23-28,32,42,45H,22H2/t32-,42?,45?/m1/s1. The normalized spacial score (nSPS) is 19.5. The van der Waals surface area contributed by atoms with E-state index in [1.54, 1.807) is 0 Å². The van der Waals surface area contributed by atoms with E-state index in [4.69, 9.17) is 4.42 Å². The number of para-hydroxylation sites is 1. The van der Waals surface area contributed by atoms with Crippen molar-refractivity contribution in [3.63, 3.8) is 0 Å². The maximum atomic E-state index is 6.92. The second-order valence-corrected chi connectivity index (χ2v) is 15.9. The van der Waals surface area contributed by atoms with Gasteiger partial charge in [-0.25, -0.2) is 0 Å². The van der Waals surface area contributed by atoms with Crippen LogP contribution in [0.1, 0.15) is 44.7 Å². The summed E-state index contributed by atoms with van der Waals surface area (Å²) in [6.45, 7) is 0. The minimum absolute atomic E-state index is 0.133. The van der Waals surface area contributed by atoms with Crippen LogP contribution in [0.25, 0.3) is 60.2 Å². The SMILES string of the molecule is C1=CC2=C(c3cccs3)c3ccccc3C(c3cccc4c3oc3ccc(-c5c6ccccc6c(C6CC=CS6)c6ccccc56)cc34)[C@@H]2C=C1. The number of benzene rings is 6. The van der Waals surface area contributed by atoms with Crippen molar-refractivity contribution < 1.29 is 4.42 Å². The van der Waals surface area contributed by atoms with E-state index in [0.717, 1.165) is 23.0 Å². The van der Waals surface area contributed by atoms with Crippen molar-refractivity contribution in [1.82, 2.24) is 0 Å². The summed E-state index contributed by atoms with van der Waals surface area (Å²) < 4.78 is 6.92. The Bertz CT molecular complexity index is 2760. The smallest absolute Gasteiger partial charge is 0.139 e. The molecule has 0 amide bonds. The molecular formula is C48H32OS2. The highest BCUT2D eigenvalue weighted by Crippen LogP contribution is 2.53. The average Bonchev–Trinajstić information content (AvgIpc) is 3.98. The van der Waals surface area contributed by atoms with Crippen molar-refractivity contribution in [1.29, 1.82) is 0 Å². The number of furan rings is 1. The predicted molar refractivity (Wildman–Crippen MR) is 219 cm³/mol. The molecule has 3 heterocycles. The zero-order valence-electron chi connectivity index (χ0n) is 27.8. The highest BCUT2D eigenvalue weighted by Gasteiger charge is 2.37. The van der Waals surface area contributed by atoms with Gasteiger partial charge in [-0.3, -0.25) is 0 Å². The summed E-state index contributed by atoms with van der Waals surface area (Å²) in [5.41, 5.74) is 12.6. The highest BCUT2D eigenvalue weighted by molar-refractivity contribution is 8.02. The maximum Gasteiger partial charge on any atom is 0.139 e. The summed E-state index contributed by atoms with van der Waals surface area (Å²) in [6, 6.07) is 45.1. The molecule has 0 radical (unpaired) electrons. The van der Waals surface area contributed by atoms with Crippen LogP contribution in [0.2, 0.25) is 0 Å². The van der Waals surface area contributed by atoms with Gasteiger partial charge in [-0.05, 0) is 90.3 Å². The first kappa shape index (κ1) is 29.4. The van der Waals surface area contributed by atoms with Crippen LogP contribution >= 0.6 is 23.1 Å². The lowest BCUT2D eigenvalue weighted by Gasteiger charge is -2.36. The maximum absolute atomic E-state index is 6.92. The Morgan fingerprint density at radius 2 is 1.41 bits per heavy atom. The number of thiophene rings is 1. The third-order valence-corrected chi connectivity index (χ3v) is 13.2. The van der Waals surface area contributed by atoms with Crippen molar-refractivity contribution in [2.24, 2.45) is 5.92 Å². The van der Waals surface area contributed by atoms with Gasteiger partial charge < -0.3 is 4.42 Å². The van der Waals surface area contributed by atoms with E-state index in [9.17, 15) is 0 Å². The van der Waals surface area contributed by atoms with Crippen LogP contribution in [-0.2, 0) is 0 Å². The van der Waals surface area contributed by atoms with Gasteiger partial charge in [0.25, 0.3) is 0 Å². The molecule has 3 heteroatoms. The number of hydrogen-bond donors (Lipinski definition) is 0. The number of hydrogen-bond acceptors (Lipinski definition) is 3. The molecular weight excluding hydrogens is 657 g/mol. The van der Waals surface area contributed by atoms with Gasteiger partial charge in [-0.1, -0.05) is 134 Å². The Labute approximate surface area is 304 Å². The summed E-state index contributed by atoms with van der Waals surface area (Å²) in [7, 11) is 0. The summed E-state index contributed by atoms with van der Waals surface area (Å²) in [6.07, 6.45) is 12.5. The summed E-state index contributed by atoms with van der Waals surface area (Å²) >= 11 is 3.76. The third-order valence-electron chi connectivity index (χ3n) is 11.2. The van der Waals surface area contributed by atoms with Gasteiger partial charge in [-0.2, -0.15) is 0 Å². The number of fused-ring (bicyclic) bond motifs is 7. The zero-order valence-corrected chi connectivity index (χ0v) is 29.4. The van der Waals surface area contributed by atoms with Crippen LogP contribution < -0.4 is 0 Å². The van der Waals surface area contributed by atoms with E-state index in [2.05, 4.69) is 162 Å². The van der Waals surface area contributed by atoms with Gasteiger partial charge in [0, 0.05) is 43.9 Å². The second-order valence-electron chi connectivity index (χ2n) is 13.8. The number of thioether (sulfide) groups is 1. The zero-order chi connectivity index (χ0) is 33.5. The molecule has 51 heavy (non-hydrogen) atoms. The van der Waals surface area contributed by atoms with Gasteiger partial charge in [0.1, 0.15) is 11.2 Å². The Morgan fingerprint density at radius 3 is 2.20 bits per heavy atom. The van der Waals surface area contributed by atoms with E-state index in [1.165, 1.54) is 76.3 Å². The van der Waals surface area contributed by atoms with Crippen LogP contribution in [0.4, 0.5) is 0 Å². The first-order valence-corrected chi connectivity index (χ1v) is 19.6. The molecule has 0 spiro atoms.